The summed E-state index contributed by atoms with van der Waals surface area (Å²) in [5.74, 6) is 0. The molecule has 0 saturated heterocycles. The summed E-state index contributed by atoms with van der Waals surface area (Å²) < 4.78 is 4.78. The van der Waals surface area contributed by atoms with Crippen LogP contribution in [0.5, 0.6) is 0 Å². The second-order valence-electron chi connectivity index (χ2n) is 4.25. The van der Waals surface area contributed by atoms with E-state index in [1.165, 1.54) is 0 Å². The lowest BCUT2D eigenvalue weighted by molar-refractivity contribution is 1.15. The van der Waals surface area contributed by atoms with Gasteiger partial charge in [-0.1, -0.05) is 23.2 Å². The number of aromatic nitrogens is 4. The van der Waals surface area contributed by atoms with Gasteiger partial charge in [-0.2, -0.15) is 0 Å². The molecule has 0 aliphatic heterocycles. The Morgan fingerprint density at radius 2 is 1.62 bits per heavy atom. The van der Waals surface area contributed by atoms with Crippen LogP contribution in [0.2, 0.25) is 10.0 Å². The third-order valence-electron chi connectivity index (χ3n) is 2.82. The lowest BCUT2D eigenvalue weighted by Gasteiger charge is -1.92. The zero-order valence-electron chi connectivity index (χ0n) is 10.6. The molecule has 21 heavy (non-hydrogen) atoms. The second-order valence-corrected chi connectivity index (χ2v) is 6.14. The van der Waals surface area contributed by atoms with Crippen molar-refractivity contribution in [2.24, 2.45) is 0 Å². The fraction of sp³-hybridized carbons (Fsp3) is 0. The van der Waals surface area contributed by atoms with Crippen molar-refractivity contribution in [3.05, 3.63) is 69.3 Å². The number of pyridine rings is 2. The molecule has 7 heteroatoms. The molecule has 0 amide bonds. The molecular formula is C14H9Cl2IN4. The maximum Gasteiger partial charge on any atom is 0.127 e. The summed E-state index contributed by atoms with van der Waals surface area (Å²) in [7, 11) is 0. The Labute approximate surface area is 144 Å². The van der Waals surface area contributed by atoms with Gasteiger partial charge in [0.2, 0.25) is 0 Å². The Balaban J connectivity index is 0.000000126. The van der Waals surface area contributed by atoms with E-state index in [9.17, 15) is 0 Å². The van der Waals surface area contributed by atoms with Crippen LogP contribution < -0.4 is 0 Å². The Hall–Kier alpha value is -1.31. The predicted molar refractivity (Wildman–Crippen MR) is 93.1 cm³/mol. The molecule has 0 N–H and O–H groups in total. The fourth-order valence-corrected chi connectivity index (χ4v) is 2.75. The highest BCUT2D eigenvalue weighted by atomic mass is 127. The molecule has 0 saturated carbocycles. The summed E-state index contributed by atoms with van der Waals surface area (Å²) in [5.41, 5.74) is 2.15. The van der Waals surface area contributed by atoms with Crippen LogP contribution in [0.15, 0.2) is 55.5 Å². The molecule has 0 bridgehead atoms. The average Bonchev–Trinajstić information content (AvgIpc) is 3.06. The molecule has 4 aromatic heterocycles. The van der Waals surface area contributed by atoms with Gasteiger partial charge in [-0.05, 0) is 46.9 Å². The minimum Gasteiger partial charge on any atom is -0.305 e. The highest BCUT2D eigenvalue weighted by Crippen LogP contribution is 2.15. The summed E-state index contributed by atoms with van der Waals surface area (Å²) in [6.07, 6.45) is 8.93. The van der Waals surface area contributed by atoms with Gasteiger partial charge in [0.15, 0.2) is 0 Å². The Bertz CT molecular complexity index is 900. The number of rotatable bonds is 0. The Morgan fingerprint density at radius 3 is 2.43 bits per heavy atom. The van der Waals surface area contributed by atoms with E-state index in [4.69, 9.17) is 23.2 Å². The van der Waals surface area contributed by atoms with Crippen molar-refractivity contribution in [1.29, 1.82) is 0 Å². The SMILES string of the molecule is Clc1ccc2c(I)ncn2c1.Clc1ccc2cncn2c1. The number of imidazole rings is 2. The Kier molecular flexibility index (Phi) is 4.32. The maximum absolute atomic E-state index is 5.78. The van der Waals surface area contributed by atoms with Gasteiger partial charge in [-0.15, -0.1) is 0 Å². The molecule has 106 valence electrons. The monoisotopic (exact) mass is 430 g/mol. The second kappa shape index (κ2) is 6.21. The van der Waals surface area contributed by atoms with E-state index in [-0.39, 0.29) is 0 Å². The van der Waals surface area contributed by atoms with Crippen molar-refractivity contribution in [1.82, 2.24) is 18.8 Å². The van der Waals surface area contributed by atoms with E-state index in [1.807, 2.05) is 45.5 Å². The third kappa shape index (κ3) is 3.30. The number of hydrogen-bond donors (Lipinski definition) is 0. The van der Waals surface area contributed by atoms with Crippen LogP contribution in [0.1, 0.15) is 0 Å². The van der Waals surface area contributed by atoms with Crippen molar-refractivity contribution < 1.29 is 0 Å². The first-order valence-corrected chi connectivity index (χ1v) is 7.82. The van der Waals surface area contributed by atoms with Crippen molar-refractivity contribution in [3.63, 3.8) is 0 Å². The zero-order valence-corrected chi connectivity index (χ0v) is 14.3. The van der Waals surface area contributed by atoms with E-state index in [0.29, 0.717) is 0 Å². The van der Waals surface area contributed by atoms with Crippen LogP contribution in [-0.4, -0.2) is 18.8 Å². The number of nitrogens with zero attached hydrogens (tertiary/aromatic N) is 4. The first kappa shape index (κ1) is 14.6. The molecule has 0 aliphatic carbocycles. The van der Waals surface area contributed by atoms with Gasteiger partial charge in [0, 0.05) is 12.4 Å². The highest BCUT2D eigenvalue weighted by Gasteiger charge is 1.99. The lowest BCUT2D eigenvalue weighted by Crippen LogP contribution is -1.80. The lowest BCUT2D eigenvalue weighted by atomic mass is 10.4. The molecule has 0 aromatic carbocycles. The van der Waals surface area contributed by atoms with Gasteiger partial charge in [0.25, 0.3) is 0 Å². The normalized spacial score (nSPS) is 10.6. The smallest absolute Gasteiger partial charge is 0.127 e. The molecule has 4 rings (SSSR count). The quantitative estimate of drug-likeness (QED) is 0.382. The summed E-state index contributed by atoms with van der Waals surface area (Å²) >= 11 is 13.7. The maximum atomic E-state index is 5.78. The van der Waals surface area contributed by atoms with Gasteiger partial charge in [0.05, 0.1) is 33.6 Å². The fourth-order valence-electron chi connectivity index (χ4n) is 1.83. The highest BCUT2D eigenvalue weighted by molar-refractivity contribution is 14.1. The molecule has 0 fully saturated rings. The summed E-state index contributed by atoms with van der Waals surface area (Å²) in [4.78, 5) is 8.07. The van der Waals surface area contributed by atoms with Gasteiger partial charge in [-0.3, -0.25) is 0 Å². The molecule has 0 aliphatic rings. The minimum absolute atomic E-state index is 0.727. The van der Waals surface area contributed by atoms with Crippen LogP contribution in [0.25, 0.3) is 11.0 Å². The van der Waals surface area contributed by atoms with Crippen molar-refractivity contribution >= 4 is 56.8 Å². The van der Waals surface area contributed by atoms with Gasteiger partial charge in [0.1, 0.15) is 10.0 Å². The zero-order chi connectivity index (χ0) is 14.8. The third-order valence-corrected chi connectivity index (χ3v) is 4.10. The molecule has 0 atom stereocenters. The van der Waals surface area contributed by atoms with Crippen molar-refractivity contribution in [2.45, 2.75) is 0 Å². The Morgan fingerprint density at radius 1 is 0.905 bits per heavy atom. The average molecular weight is 431 g/mol. The van der Waals surface area contributed by atoms with Crippen molar-refractivity contribution in [2.75, 3.05) is 0 Å². The molecule has 0 unspecified atom stereocenters. The van der Waals surface area contributed by atoms with Crippen LogP contribution in [0, 0.1) is 3.70 Å². The van der Waals surface area contributed by atoms with Crippen LogP contribution in [-0.2, 0) is 0 Å². The van der Waals surface area contributed by atoms with Crippen LogP contribution >= 0.6 is 45.8 Å². The van der Waals surface area contributed by atoms with E-state index in [2.05, 4.69) is 32.6 Å². The number of halogens is 3. The first-order chi connectivity index (χ1) is 10.1. The summed E-state index contributed by atoms with van der Waals surface area (Å²) in [6, 6.07) is 7.59. The number of hydrogen-bond acceptors (Lipinski definition) is 2. The topological polar surface area (TPSA) is 34.6 Å². The minimum atomic E-state index is 0.727. The van der Waals surface area contributed by atoms with Crippen LogP contribution in [0.4, 0.5) is 0 Å². The molecular weight excluding hydrogens is 422 g/mol. The van der Waals surface area contributed by atoms with E-state index >= 15 is 0 Å². The molecule has 0 spiro atoms. The van der Waals surface area contributed by atoms with Gasteiger partial charge in [-0.25, -0.2) is 9.97 Å². The van der Waals surface area contributed by atoms with Gasteiger partial charge >= 0.3 is 0 Å². The molecule has 4 heterocycles. The summed E-state index contributed by atoms with van der Waals surface area (Å²) in [5, 5.41) is 1.46. The predicted octanol–water partition coefficient (Wildman–Crippen LogP) is 4.58. The largest absolute Gasteiger partial charge is 0.305 e. The first-order valence-electron chi connectivity index (χ1n) is 5.98. The van der Waals surface area contributed by atoms with E-state index in [1.54, 1.807) is 18.9 Å². The summed E-state index contributed by atoms with van der Waals surface area (Å²) in [6.45, 7) is 0. The van der Waals surface area contributed by atoms with E-state index < -0.39 is 0 Å². The standard InChI is InChI=1S/C7H4ClIN2.C7H5ClN2/c8-5-1-2-6-7(9)10-4-11(6)3-5;8-6-1-2-7-3-9-5-10(7)4-6/h1-4H;1-5H. The van der Waals surface area contributed by atoms with E-state index in [0.717, 1.165) is 24.8 Å². The number of fused-ring (bicyclic) bond motifs is 2. The van der Waals surface area contributed by atoms with Crippen LogP contribution in [0.3, 0.4) is 0 Å². The molecule has 0 radical (unpaired) electrons. The molecule has 4 nitrogen and oxygen atoms in total. The van der Waals surface area contributed by atoms with Gasteiger partial charge < -0.3 is 8.80 Å². The van der Waals surface area contributed by atoms with Crippen molar-refractivity contribution in [3.8, 4) is 0 Å². The molecule has 4 aromatic rings.